The number of pyridine rings is 1. The van der Waals surface area contributed by atoms with Crippen molar-refractivity contribution in [3.05, 3.63) is 29.3 Å². The zero-order chi connectivity index (χ0) is 9.80. The van der Waals surface area contributed by atoms with Crippen LogP contribution in [0.4, 0.5) is 11.6 Å². The molecule has 2 rings (SSSR count). The highest BCUT2D eigenvalue weighted by molar-refractivity contribution is 7.06. The van der Waals surface area contributed by atoms with E-state index in [1.807, 2.05) is 18.2 Å². The van der Waals surface area contributed by atoms with Gasteiger partial charge in [0.05, 0.1) is 0 Å². The molecular formula is C8H5N5S. The lowest BCUT2D eigenvalue weighted by Crippen LogP contribution is -1.94. The minimum absolute atomic E-state index is 0.454. The van der Waals surface area contributed by atoms with Gasteiger partial charge in [-0.2, -0.15) is 5.26 Å². The van der Waals surface area contributed by atoms with E-state index in [-0.39, 0.29) is 0 Å². The monoisotopic (exact) mass is 203 g/mol. The molecule has 2 heterocycles. The number of aromatic nitrogens is 3. The zero-order valence-electron chi connectivity index (χ0n) is 7.01. The number of nitrogens with zero attached hydrogens (tertiary/aromatic N) is 4. The van der Waals surface area contributed by atoms with Gasteiger partial charge in [-0.15, -0.1) is 5.10 Å². The summed E-state index contributed by atoms with van der Waals surface area (Å²) in [6, 6.07) is 7.45. The van der Waals surface area contributed by atoms with E-state index >= 15 is 0 Å². The van der Waals surface area contributed by atoms with Gasteiger partial charge in [0.15, 0.2) is 10.7 Å². The Morgan fingerprint density at radius 3 is 3.07 bits per heavy atom. The maximum Gasteiger partial charge on any atom is 0.185 e. The van der Waals surface area contributed by atoms with Gasteiger partial charge in [0.25, 0.3) is 0 Å². The number of hydrogen-bond donors (Lipinski definition) is 1. The smallest absolute Gasteiger partial charge is 0.185 e. The minimum Gasteiger partial charge on any atom is -0.322 e. The van der Waals surface area contributed by atoms with Crippen LogP contribution in [0.15, 0.2) is 24.4 Å². The van der Waals surface area contributed by atoms with Crippen molar-refractivity contribution in [3.8, 4) is 6.07 Å². The number of anilines is 2. The largest absolute Gasteiger partial charge is 0.322 e. The molecule has 6 heteroatoms. The molecule has 0 fully saturated rings. The van der Waals surface area contributed by atoms with Crippen molar-refractivity contribution in [1.82, 2.24) is 14.6 Å². The second-order valence-corrected chi connectivity index (χ2v) is 3.16. The van der Waals surface area contributed by atoms with E-state index in [0.717, 1.165) is 11.5 Å². The molecule has 0 amide bonds. The van der Waals surface area contributed by atoms with Crippen LogP contribution < -0.4 is 5.32 Å². The van der Waals surface area contributed by atoms with E-state index in [2.05, 4.69) is 19.9 Å². The maximum atomic E-state index is 8.71. The van der Waals surface area contributed by atoms with Crippen LogP contribution in [0.3, 0.4) is 0 Å². The van der Waals surface area contributed by atoms with Crippen molar-refractivity contribution in [1.29, 1.82) is 5.26 Å². The summed E-state index contributed by atoms with van der Waals surface area (Å²) in [7, 11) is 0. The fraction of sp³-hybridized carbons (Fsp3) is 0. The Labute approximate surface area is 84.2 Å². The number of hydrogen-bond acceptors (Lipinski definition) is 6. The van der Waals surface area contributed by atoms with Gasteiger partial charge in [0.2, 0.25) is 0 Å². The molecule has 0 unspecified atom stereocenters. The second kappa shape index (κ2) is 3.81. The molecule has 1 N–H and O–H groups in total. The lowest BCUT2D eigenvalue weighted by atomic mass is 10.4. The molecule has 0 bridgehead atoms. The number of rotatable bonds is 2. The predicted molar refractivity (Wildman–Crippen MR) is 52.1 cm³/mol. The van der Waals surface area contributed by atoms with Crippen molar-refractivity contribution in [3.63, 3.8) is 0 Å². The molecule has 0 saturated carbocycles. The van der Waals surface area contributed by atoms with Gasteiger partial charge in [-0.1, -0.05) is 10.6 Å². The molecule has 2 aromatic rings. The molecule has 2 aromatic heterocycles. The molecule has 0 spiro atoms. The highest BCUT2D eigenvalue weighted by Crippen LogP contribution is 2.17. The van der Waals surface area contributed by atoms with Crippen molar-refractivity contribution in [2.24, 2.45) is 0 Å². The first kappa shape index (κ1) is 8.59. The lowest BCUT2D eigenvalue weighted by Gasteiger charge is -1.99. The molecule has 0 aromatic carbocycles. The van der Waals surface area contributed by atoms with Gasteiger partial charge in [0, 0.05) is 17.7 Å². The van der Waals surface area contributed by atoms with Crippen LogP contribution >= 0.6 is 11.5 Å². The van der Waals surface area contributed by atoms with Crippen LogP contribution in [0.25, 0.3) is 0 Å². The third kappa shape index (κ3) is 1.67. The van der Waals surface area contributed by atoms with Crippen LogP contribution in [0.2, 0.25) is 0 Å². The quantitative estimate of drug-likeness (QED) is 0.801. The number of nitrogens with one attached hydrogen (secondary N) is 1. The normalized spacial score (nSPS) is 9.36. The molecule has 0 aliphatic rings. The molecule has 14 heavy (non-hydrogen) atoms. The topological polar surface area (TPSA) is 74.5 Å². The molecular weight excluding hydrogens is 198 g/mol. The molecule has 0 radical (unpaired) electrons. The van der Waals surface area contributed by atoms with Gasteiger partial charge in [-0.3, -0.25) is 0 Å². The molecule has 0 atom stereocenters. The van der Waals surface area contributed by atoms with Crippen LogP contribution in [-0.2, 0) is 0 Å². The first-order chi connectivity index (χ1) is 6.90. The fourth-order valence-electron chi connectivity index (χ4n) is 0.904. The Morgan fingerprint density at radius 2 is 2.36 bits per heavy atom. The van der Waals surface area contributed by atoms with Crippen LogP contribution in [-0.4, -0.2) is 14.6 Å². The average Bonchev–Trinajstić information content (AvgIpc) is 2.67. The first-order valence-electron chi connectivity index (χ1n) is 3.80. The van der Waals surface area contributed by atoms with Crippen LogP contribution in [0.1, 0.15) is 4.88 Å². The van der Waals surface area contributed by atoms with E-state index in [9.17, 15) is 0 Å². The Morgan fingerprint density at radius 1 is 1.43 bits per heavy atom. The molecule has 0 aliphatic carbocycles. The Hall–Kier alpha value is -2.00. The van der Waals surface area contributed by atoms with E-state index in [0.29, 0.717) is 16.5 Å². The van der Waals surface area contributed by atoms with Gasteiger partial charge in [0.1, 0.15) is 11.9 Å². The highest BCUT2D eigenvalue weighted by Gasteiger charge is 2.06. The summed E-state index contributed by atoms with van der Waals surface area (Å²) in [5, 5.41) is 15.4. The molecule has 0 aliphatic heterocycles. The van der Waals surface area contributed by atoms with E-state index in [4.69, 9.17) is 5.26 Å². The SMILES string of the molecule is N#Cc1snnc1Nc1ccccn1. The zero-order valence-corrected chi connectivity index (χ0v) is 7.82. The van der Waals surface area contributed by atoms with Gasteiger partial charge >= 0.3 is 0 Å². The Kier molecular flexibility index (Phi) is 2.34. The van der Waals surface area contributed by atoms with Crippen molar-refractivity contribution < 1.29 is 0 Å². The van der Waals surface area contributed by atoms with Crippen molar-refractivity contribution in [2.75, 3.05) is 5.32 Å². The summed E-state index contributed by atoms with van der Waals surface area (Å²) in [6.45, 7) is 0. The second-order valence-electron chi connectivity index (χ2n) is 2.40. The fourth-order valence-corrected chi connectivity index (χ4v) is 1.33. The van der Waals surface area contributed by atoms with Crippen LogP contribution in [0.5, 0.6) is 0 Å². The third-order valence-electron chi connectivity index (χ3n) is 1.50. The van der Waals surface area contributed by atoms with Crippen LogP contribution in [0, 0.1) is 11.3 Å². The molecule has 68 valence electrons. The first-order valence-corrected chi connectivity index (χ1v) is 4.58. The lowest BCUT2D eigenvalue weighted by molar-refractivity contribution is 1.14. The van der Waals surface area contributed by atoms with E-state index in [1.54, 1.807) is 12.3 Å². The summed E-state index contributed by atoms with van der Waals surface area (Å²) in [5.74, 6) is 1.10. The molecule has 5 nitrogen and oxygen atoms in total. The Bertz CT molecular complexity index is 458. The maximum absolute atomic E-state index is 8.71. The van der Waals surface area contributed by atoms with Gasteiger partial charge in [-0.05, 0) is 12.1 Å². The Balaban J connectivity index is 2.24. The van der Waals surface area contributed by atoms with E-state index in [1.165, 1.54) is 0 Å². The summed E-state index contributed by atoms with van der Waals surface area (Å²) < 4.78 is 3.67. The van der Waals surface area contributed by atoms with Crippen molar-refractivity contribution in [2.45, 2.75) is 0 Å². The third-order valence-corrected chi connectivity index (χ3v) is 2.13. The summed E-state index contributed by atoms with van der Waals surface area (Å²) >= 11 is 1.06. The predicted octanol–water partition coefficient (Wildman–Crippen LogP) is 1.55. The minimum atomic E-state index is 0.454. The number of nitriles is 1. The van der Waals surface area contributed by atoms with E-state index < -0.39 is 0 Å². The summed E-state index contributed by atoms with van der Waals surface area (Å²) in [6.07, 6.45) is 1.66. The van der Waals surface area contributed by atoms with Gasteiger partial charge in [-0.25, -0.2) is 4.98 Å². The van der Waals surface area contributed by atoms with Gasteiger partial charge < -0.3 is 5.32 Å². The summed E-state index contributed by atoms with van der Waals surface area (Å²) in [5.41, 5.74) is 0. The standard InChI is InChI=1S/C8H5N5S/c9-5-6-8(12-13-14-6)11-7-3-1-2-4-10-7/h1-4H,(H,10,11). The average molecular weight is 203 g/mol. The van der Waals surface area contributed by atoms with Crippen molar-refractivity contribution >= 4 is 23.2 Å². The highest BCUT2D eigenvalue weighted by atomic mass is 32.1. The summed E-state index contributed by atoms with van der Waals surface area (Å²) in [4.78, 5) is 4.50. The molecule has 0 saturated heterocycles.